The summed E-state index contributed by atoms with van der Waals surface area (Å²) in [6, 6.07) is 6.08. The summed E-state index contributed by atoms with van der Waals surface area (Å²) in [5.41, 5.74) is 0.869. The van der Waals surface area contributed by atoms with E-state index >= 15 is 0 Å². The average Bonchev–Trinajstić information content (AvgIpc) is 2.83. The largest absolute Gasteiger partial charge is 0.352 e. The number of nitrogens with zero attached hydrogens (tertiary/aromatic N) is 2. The van der Waals surface area contributed by atoms with E-state index in [9.17, 15) is 9.18 Å². The van der Waals surface area contributed by atoms with Crippen LogP contribution in [0.2, 0.25) is 0 Å². The lowest BCUT2D eigenvalue weighted by Crippen LogP contribution is -2.31. The molecule has 1 heterocycles. The van der Waals surface area contributed by atoms with Crippen LogP contribution in [0.5, 0.6) is 0 Å². The molecule has 1 aromatic heterocycles. The number of nitrogens with one attached hydrogen (secondary N) is 1. The van der Waals surface area contributed by atoms with Crippen molar-refractivity contribution in [2.24, 2.45) is 5.92 Å². The first-order valence-electron chi connectivity index (χ1n) is 6.24. The molecule has 1 aromatic carbocycles. The molecule has 0 aliphatic heterocycles. The zero-order valence-electron chi connectivity index (χ0n) is 11.0. The Morgan fingerprint density at radius 2 is 2.15 bits per heavy atom. The Balaban J connectivity index is 1.83. The van der Waals surface area contributed by atoms with E-state index in [2.05, 4.69) is 26.3 Å². The molecule has 106 valence electrons. The molecule has 0 saturated carbocycles. The van der Waals surface area contributed by atoms with Gasteiger partial charge in [0.05, 0.1) is 23.1 Å². The Hall–Kier alpha value is -1.69. The summed E-state index contributed by atoms with van der Waals surface area (Å²) < 4.78 is 15.4. The summed E-state index contributed by atoms with van der Waals surface area (Å²) in [5, 5.41) is 6.95. The van der Waals surface area contributed by atoms with Crippen molar-refractivity contribution >= 4 is 21.8 Å². The second kappa shape index (κ2) is 6.65. The van der Waals surface area contributed by atoms with Crippen molar-refractivity contribution in [3.63, 3.8) is 0 Å². The van der Waals surface area contributed by atoms with Gasteiger partial charge >= 0.3 is 0 Å². The normalized spacial score (nSPS) is 12.2. The minimum absolute atomic E-state index is 0.0547. The standard InChI is InChI=1S/C14H15BrFN3O/c1-10(8-19-9-12(15)7-18-19)14(20)17-6-11-2-4-13(16)5-3-11/h2-5,7,9-10H,6,8H2,1H3,(H,17,20). The van der Waals surface area contributed by atoms with Crippen LogP contribution in [-0.4, -0.2) is 15.7 Å². The minimum atomic E-state index is -0.280. The number of benzene rings is 1. The topological polar surface area (TPSA) is 46.9 Å². The highest BCUT2D eigenvalue weighted by Crippen LogP contribution is 2.09. The number of aromatic nitrogens is 2. The lowest BCUT2D eigenvalue weighted by molar-refractivity contribution is -0.125. The number of halogens is 2. The smallest absolute Gasteiger partial charge is 0.224 e. The molecule has 2 rings (SSSR count). The molecule has 1 amide bonds. The van der Waals surface area contributed by atoms with E-state index in [0.29, 0.717) is 13.1 Å². The molecular weight excluding hydrogens is 325 g/mol. The zero-order valence-corrected chi connectivity index (χ0v) is 12.6. The Morgan fingerprint density at radius 1 is 1.45 bits per heavy atom. The molecule has 0 spiro atoms. The van der Waals surface area contributed by atoms with Crippen LogP contribution in [0.4, 0.5) is 4.39 Å². The van der Waals surface area contributed by atoms with Crippen molar-refractivity contribution in [2.75, 3.05) is 0 Å². The summed E-state index contributed by atoms with van der Waals surface area (Å²) in [7, 11) is 0. The second-order valence-corrected chi connectivity index (χ2v) is 5.54. The van der Waals surface area contributed by atoms with Crippen LogP contribution in [0, 0.1) is 11.7 Å². The Kier molecular flexibility index (Phi) is 4.89. The van der Waals surface area contributed by atoms with E-state index in [1.54, 1.807) is 23.0 Å². The molecule has 20 heavy (non-hydrogen) atoms. The van der Waals surface area contributed by atoms with Crippen molar-refractivity contribution in [2.45, 2.75) is 20.0 Å². The van der Waals surface area contributed by atoms with E-state index in [-0.39, 0.29) is 17.6 Å². The highest BCUT2D eigenvalue weighted by molar-refractivity contribution is 9.10. The first-order chi connectivity index (χ1) is 9.54. The van der Waals surface area contributed by atoms with Gasteiger partial charge in [0.15, 0.2) is 0 Å². The Bertz CT molecular complexity index is 582. The van der Waals surface area contributed by atoms with Crippen molar-refractivity contribution in [1.82, 2.24) is 15.1 Å². The highest BCUT2D eigenvalue weighted by Gasteiger charge is 2.13. The first-order valence-corrected chi connectivity index (χ1v) is 7.04. The van der Waals surface area contributed by atoms with Gasteiger partial charge in [0, 0.05) is 12.7 Å². The van der Waals surface area contributed by atoms with Crippen LogP contribution in [0.3, 0.4) is 0 Å². The van der Waals surface area contributed by atoms with Crippen LogP contribution >= 0.6 is 15.9 Å². The average molecular weight is 340 g/mol. The van der Waals surface area contributed by atoms with Gasteiger partial charge < -0.3 is 5.32 Å². The first kappa shape index (κ1) is 14.7. The van der Waals surface area contributed by atoms with E-state index < -0.39 is 0 Å². The molecule has 0 aliphatic rings. The van der Waals surface area contributed by atoms with E-state index in [1.807, 2.05) is 13.1 Å². The maximum Gasteiger partial charge on any atom is 0.224 e. The van der Waals surface area contributed by atoms with Crippen LogP contribution in [0.25, 0.3) is 0 Å². The molecular formula is C14H15BrFN3O. The number of carbonyl (C=O) groups is 1. The molecule has 0 bridgehead atoms. The van der Waals surface area contributed by atoms with Gasteiger partial charge in [0.2, 0.25) is 5.91 Å². The number of hydrogen-bond acceptors (Lipinski definition) is 2. The third-order valence-corrected chi connectivity index (χ3v) is 3.30. The van der Waals surface area contributed by atoms with E-state index in [0.717, 1.165) is 10.0 Å². The lowest BCUT2D eigenvalue weighted by atomic mass is 10.1. The van der Waals surface area contributed by atoms with Gasteiger partial charge in [-0.25, -0.2) is 4.39 Å². The third-order valence-electron chi connectivity index (χ3n) is 2.89. The number of carbonyl (C=O) groups excluding carboxylic acids is 1. The fourth-order valence-corrected chi connectivity index (χ4v) is 2.10. The van der Waals surface area contributed by atoms with E-state index in [4.69, 9.17) is 0 Å². The van der Waals surface area contributed by atoms with Crippen LogP contribution < -0.4 is 5.32 Å². The fraction of sp³-hybridized carbons (Fsp3) is 0.286. The molecule has 0 fully saturated rings. The molecule has 1 atom stereocenters. The summed E-state index contributed by atoms with van der Waals surface area (Å²) in [4.78, 5) is 12.0. The summed E-state index contributed by atoms with van der Waals surface area (Å²) >= 11 is 3.31. The predicted octanol–water partition coefficient (Wildman–Crippen LogP) is 2.74. The fourth-order valence-electron chi connectivity index (χ4n) is 1.77. The molecule has 0 radical (unpaired) electrons. The van der Waals surface area contributed by atoms with Gasteiger partial charge in [0.25, 0.3) is 0 Å². The van der Waals surface area contributed by atoms with Gasteiger partial charge in [-0.05, 0) is 33.6 Å². The van der Waals surface area contributed by atoms with Crippen molar-refractivity contribution in [3.8, 4) is 0 Å². The molecule has 4 nitrogen and oxygen atoms in total. The van der Waals surface area contributed by atoms with Gasteiger partial charge in [-0.2, -0.15) is 5.10 Å². The quantitative estimate of drug-likeness (QED) is 0.910. The molecule has 1 N–H and O–H groups in total. The van der Waals surface area contributed by atoms with Crippen LogP contribution in [0.15, 0.2) is 41.1 Å². The molecule has 0 aliphatic carbocycles. The predicted molar refractivity (Wildman–Crippen MR) is 77.3 cm³/mol. The van der Waals surface area contributed by atoms with Crippen molar-refractivity contribution in [3.05, 3.63) is 52.5 Å². The maximum atomic E-state index is 12.8. The Morgan fingerprint density at radius 3 is 2.75 bits per heavy atom. The molecule has 2 aromatic rings. The lowest BCUT2D eigenvalue weighted by Gasteiger charge is -2.12. The van der Waals surface area contributed by atoms with E-state index in [1.165, 1.54) is 12.1 Å². The van der Waals surface area contributed by atoms with Gasteiger partial charge in [-0.1, -0.05) is 19.1 Å². The van der Waals surface area contributed by atoms with Crippen molar-refractivity contribution in [1.29, 1.82) is 0 Å². The molecule has 6 heteroatoms. The van der Waals surface area contributed by atoms with Gasteiger partial charge in [-0.15, -0.1) is 0 Å². The number of rotatable bonds is 5. The SMILES string of the molecule is CC(Cn1cc(Br)cn1)C(=O)NCc1ccc(F)cc1. The molecule has 0 saturated heterocycles. The summed E-state index contributed by atoms with van der Waals surface area (Å²) in [5.74, 6) is -0.527. The monoisotopic (exact) mass is 339 g/mol. The maximum absolute atomic E-state index is 12.8. The van der Waals surface area contributed by atoms with Gasteiger partial charge in [0.1, 0.15) is 5.82 Å². The Labute approximate surface area is 125 Å². The van der Waals surface area contributed by atoms with Crippen LogP contribution in [0.1, 0.15) is 12.5 Å². The summed E-state index contributed by atoms with van der Waals surface area (Å²) in [6.45, 7) is 2.75. The third kappa shape index (κ3) is 4.16. The van der Waals surface area contributed by atoms with Crippen LogP contribution in [-0.2, 0) is 17.9 Å². The zero-order chi connectivity index (χ0) is 14.5. The second-order valence-electron chi connectivity index (χ2n) is 4.63. The van der Waals surface area contributed by atoms with Crippen molar-refractivity contribution < 1.29 is 9.18 Å². The molecule has 1 unspecified atom stereocenters. The minimum Gasteiger partial charge on any atom is -0.352 e. The number of hydrogen-bond donors (Lipinski definition) is 1. The summed E-state index contributed by atoms with van der Waals surface area (Å²) in [6.07, 6.45) is 3.51. The highest BCUT2D eigenvalue weighted by atomic mass is 79.9. The number of amides is 1. The van der Waals surface area contributed by atoms with Gasteiger partial charge in [-0.3, -0.25) is 9.48 Å².